The van der Waals surface area contributed by atoms with Crippen molar-refractivity contribution < 1.29 is 39.5 Å². The van der Waals surface area contributed by atoms with Crippen LogP contribution in [0.5, 0.6) is 0 Å². The maximum atomic E-state index is 15.6. The minimum Gasteiger partial charge on any atom is -0.355 e. The fourth-order valence-corrected chi connectivity index (χ4v) is 6.17. The highest BCUT2D eigenvalue weighted by Crippen LogP contribution is 2.41. The Morgan fingerprint density at radius 1 is 0.914 bits per heavy atom. The lowest BCUT2D eigenvalue weighted by Crippen LogP contribution is -2.62. The molecule has 2 saturated heterocycles. The van der Waals surface area contributed by atoms with Crippen molar-refractivity contribution in [1.29, 1.82) is 0 Å². The van der Waals surface area contributed by atoms with E-state index < -0.39 is 62.4 Å². The standard InChI is InChI=1S/C21H16F6N4O3S/c22-11-5-15(26)18(8-14(11)25)35(32,33)31-3-4-34-21(31)1-2-30(10-19(21)27)20-9-28-16-6-12(23)13(24)7-17(16)29-20/h5-9,19H,1-4,10H2/t19-,21+/m1/s1. The van der Waals surface area contributed by atoms with Gasteiger partial charge < -0.3 is 9.64 Å². The number of rotatable bonds is 3. The number of halogens is 6. The van der Waals surface area contributed by atoms with E-state index in [1.807, 2.05) is 0 Å². The van der Waals surface area contributed by atoms with Crippen LogP contribution in [0, 0.1) is 29.1 Å². The molecule has 3 heterocycles. The highest BCUT2D eigenvalue weighted by Gasteiger charge is 2.57. The molecule has 0 N–H and O–H groups in total. The normalized spacial score (nSPS) is 23.5. The van der Waals surface area contributed by atoms with Crippen molar-refractivity contribution in [3.05, 3.63) is 59.5 Å². The van der Waals surface area contributed by atoms with Crippen LogP contribution >= 0.6 is 0 Å². The van der Waals surface area contributed by atoms with Gasteiger partial charge in [-0.2, -0.15) is 4.31 Å². The molecular weight excluding hydrogens is 502 g/mol. The topological polar surface area (TPSA) is 75.6 Å². The third-order valence-electron chi connectivity index (χ3n) is 6.12. The quantitative estimate of drug-likeness (QED) is 0.392. The van der Waals surface area contributed by atoms with Crippen LogP contribution in [0.1, 0.15) is 6.42 Å². The van der Waals surface area contributed by atoms with Crippen molar-refractivity contribution in [3.63, 3.8) is 0 Å². The molecule has 1 aromatic heterocycles. The number of piperidine rings is 1. The average Bonchev–Trinajstić information content (AvgIpc) is 3.24. The van der Waals surface area contributed by atoms with Crippen molar-refractivity contribution in [1.82, 2.24) is 14.3 Å². The van der Waals surface area contributed by atoms with Crippen molar-refractivity contribution >= 4 is 26.9 Å². The predicted octanol–water partition coefficient (Wildman–Crippen LogP) is 3.29. The zero-order chi connectivity index (χ0) is 25.1. The molecule has 2 aliphatic heterocycles. The third-order valence-corrected chi connectivity index (χ3v) is 8.06. The summed E-state index contributed by atoms with van der Waals surface area (Å²) in [6, 6.07) is 2.04. The Morgan fingerprint density at radius 3 is 2.29 bits per heavy atom. The van der Waals surface area contributed by atoms with E-state index in [-0.39, 0.29) is 55.1 Å². The number of hydrogen-bond acceptors (Lipinski definition) is 6. The predicted molar refractivity (Wildman–Crippen MR) is 110 cm³/mol. The number of fused-ring (bicyclic) bond motifs is 1. The summed E-state index contributed by atoms with van der Waals surface area (Å²) in [5.41, 5.74) is -1.89. The zero-order valence-corrected chi connectivity index (χ0v) is 18.5. The van der Waals surface area contributed by atoms with Gasteiger partial charge in [0.25, 0.3) is 0 Å². The average molecular weight is 518 g/mol. The number of anilines is 1. The van der Waals surface area contributed by atoms with Gasteiger partial charge in [0, 0.05) is 37.7 Å². The fourth-order valence-electron chi connectivity index (χ4n) is 4.39. The molecule has 2 aliphatic rings. The summed E-state index contributed by atoms with van der Waals surface area (Å²) >= 11 is 0. The van der Waals surface area contributed by atoms with E-state index in [1.165, 1.54) is 11.1 Å². The van der Waals surface area contributed by atoms with Crippen molar-refractivity contribution in [2.75, 3.05) is 31.1 Å². The molecule has 35 heavy (non-hydrogen) atoms. The molecule has 7 nitrogen and oxygen atoms in total. The maximum Gasteiger partial charge on any atom is 0.248 e. The summed E-state index contributed by atoms with van der Waals surface area (Å²) < 4.78 is 116. The van der Waals surface area contributed by atoms with Crippen LogP contribution in [0.3, 0.4) is 0 Å². The van der Waals surface area contributed by atoms with Gasteiger partial charge in [0.15, 0.2) is 35.2 Å². The van der Waals surface area contributed by atoms with Crippen LogP contribution in [0.4, 0.5) is 32.2 Å². The van der Waals surface area contributed by atoms with E-state index >= 15 is 4.39 Å². The first kappa shape index (κ1) is 23.8. The van der Waals surface area contributed by atoms with E-state index in [2.05, 4.69) is 9.97 Å². The molecule has 0 saturated carbocycles. The van der Waals surface area contributed by atoms with Gasteiger partial charge in [-0.05, 0) is 6.07 Å². The largest absolute Gasteiger partial charge is 0.355 e. The highest BCUT2D eigenvalue weighted by atomic mass is 32.2. The van der Waals surface area contributed by atoms with Gasteiger partial charge in [0.2, 0.25) is 10.0 Å². The van der Waals surface area contributed by atoms with Gasteiger partial charge in [-0.3, -0.25) is 4.98 Å². The summed E-state index contributed by atoms with van der Waals surface area (Å²) in [6.45, 7) is -0.944. The third kappa shape index (κ3) is 3.79. The summed E-state index contributed by atoms with van der Waals surface area (Å²) in [5, 5.41) is 0. The Morgan fingerprint density at radius 2 is 1.57 bits per heavy atom. The maximum absolute atomic E-state index is 15.6. The number of nitrogens with zero attached hydrogens (tertiary/aromatic N) is 4. The Hall–Kier alpha value is -2.97. The Balaban J connectivity index is 1.44. The number of ether oxygens (including phenoxy) is 1. The zero-order valence-electron chi connectivity index (χ0n) is 17.7. The monoisotopic (exact) mass is 518 g/mol. The smallest absolute Gasteiger partial charge is 0.248 e. The van der Waals surface area contributed by atoms with E-state index in [1.54, 1.807) is 0 Å². The number of hydrogen-bond donors (Lipinski definition) is 0. The second-order valence-corrected chi connectivity index (χ2v) is 9.94. The number of alkyl halides is 1. The summed E-state index contributed by atoms with van der Waals surface area (Å²) in [4.78, 5) is 8.49. The van der Waals surface area contributed by atoms with Gasteiger partial charge in [-0.1, -0.05) is 0 Å². The second-order valence-electron chi connectivity index (χ2n) is 8.11. The number of aromatic nitrogens is 2. The first-order valence-electron chi connectivity index (χ1n) is 10.3. The van der Waals surface area contributed by atoms with Crippen LogP contribution in [-0.2, 0) is 14.8 Å². The molecule has 0 unspecified atom stereocenters. The molecule has 5 rings (SSSR count). The van der Waals surface area contributed by atoms with Crippen molar-refractivity contribution in [3.8, 4) is 0 Å². The molecular formula is C21H16F6N4O3S. The minimum atomic E-state index is -4.81. The molecule has 0 amide bonds. The van der Waals surface area contributed by atoms with E-state index in [0.29, 0.717) is 4.31 Å². The van der Waals surface area contributed by atoms with E-state index in [4.69, 9.17) is 4.74 Å². The van der Waals surface area contributed by atoms with Crippen molar-refractivity contribution in [2.45, 2.75) is 23.2 Å². The van der Waals surface area contributed by atoms with Crippen LogP contribution in [0.25, 0.3) is 11.0 Å². The van der Waals surface area contributed by atoms with Gasteiger partial charge in [-0.15, -0.1) is 0 Å². The van der Waals surface area contributed by atoms with Crippen LogP contribution in [-0.4, -0.2) is 60.8 Å². The van der Waals surface area contributed by atoms with Gasteiger partial charge in [0.05, 0.1) is 30.4 Å². The summed E-state index contributed by atoms with van der Waals surface area (Å²) in [6.07, 6.45) is -0.953. The van der Waals surface area contributed by atoms with Crippen molar-refractivity contribution in [2.24, 2.45) is 0 Å². The number of benzene rings is 2. The van der Waals surface area contributed by atoms with E-state index in [0.717, 1.165) is 12.1 Å². The SMILES string of the molecule is O=S(=O)(c1cc(F)c(F)cc1F)N1CCO[C@]12CCN(c1cnc3cc(F)c(F)cc3n1)C[C@H]2F. The summed E-state index contributed by atoms with van der Waals surface area (Å²) in [5.74, 6) is -6.74. The van der Waals surface area contributed by atoms with Gasteiger partial charge >= 0.3 is 0 Å². The van der Waals surface area contributed by atoms with Crippen LogP contribution in [0.2, 0.25) is 0 Å². The molecule has 14 heteroatoms. The molecule has 2 atom stereocenters. The Kier molecular flexibility index (Phi) is 5.64. The van der Waals surface area contributed by atoms with Crippen LogP contribution in [0.15, 0.2) is 35.4 Å². The molecule has 3 aromatic rings. The summed E-state index contributed by atoms with van der Waals surface area (Å²) in [7, 11) is -4.81. The highest BCUT2D eigenvalue weighted by molar-refractivity contribution is 7.89. The Labute approximate surface area is 195 Å². The first-order chi connectivity index (χ1) is 16.5. The lowest BCUT2D eigenvalue weighted by molar-refractivity contribution is -0.116. The molecule has 1 spiro atoms. The minimum absolute atomic E-state index is 0.0105. The molecule has 2 aromatic carbocycles. The Bertz CT molecular complexity index is 1440. The lowest BCUT2D eigenvalue weighted by Gasteiger charge is -2.45. The number of sulfonamides is 1. The van der Waals surface area contributed by atoms with Crippen LogP contribution < -0.4 is 4.90 Å². The fraction of sp³-hybridized carbons (Fsp3) is 0.333. The molecule has 0 radical (unpaired) electrons. The van der Waals surface area contributed by atoms with Gasteiger partial charge in [0.1, 0.15) is 16.5 Å². The second kappa shape index (κ2) is 8.31. The molecule has 0 aliphatic carbocycles. The molecule has 2 fully saturated rings. The first-order valence-corrected chi connectivity index (χ1v) is 11.8. The molecule has 0 bridgehead atoms. The van der Waals surface area contributed by atoms with Gasteiger partial charge in [-0.25, -0.2) is 39.7 Å². The van der Waals surface area contributed by atoms with E-state index in [9.17, 15) is 30.4 Å². The molecule has 186 valence electrons. The lowest BCUT2D eigenvalue weighted by atomic mass is 9.98.